The Labute approximate surface area is 171 Å². The van der Waals surface area contributed by atoms with Crippen LogP contribution in [0.1, 0.15) is 35.3 Å². The molecule has 0 saturated heterocycles. The number of carbonyl (C=O) groups is 3. The molecule has 146 valence electrons. The Morgan fingerprint density at radius 1 is 1.18 bits per heavy atom. The fraction of sp³-hybridized carbons (Fsp3) is 0.250. The molecule has 1 unspecified atom stereocenters. The molecular formula is C20H16Cl2O6. The summed E-state index contributed by atoms with van der Waals surface area (Å²) in [5.41, 5.74) is 0.771. The number of hydrogen-bond acceptors (Lipinski definition) is 5. The summed E-state index contributed by atoms with van der Waals surface area (Å²) in [5, 5.41) is 8.84. The molecular weight excluding hydrogens is 407 g/mol. The van der Waals surface area contributed by atoms with Crippen LogP contribution < -0.4 is 9.47 Å². The summed E-state index contributed by atoms with van der Waals surface area (Å²) < 4.78 is 10.2. The van der Waals surface area contributed by atoms with Crippen molar-refractivity contribution in [2.75, 3.05) is 6.61 Å². The highest BCUT2D eigenvalue weighted by Gasteiger charge is 2.45. The lowest BCUT2D eigenvalue weighted by Gasteiger charge is -2.22. The minimum absolute atomic E-state index is 0.00414. The largest absolute Gasteiger partial charge is 0.480 e. The lowest BCUT2D eigenvalue weighted by molar-refractivity contribution is -0.139. The number of ether oxygens (including phenoxy) is 2. The third-order valence-corrected chi connectivity index (χ3v) is 5.48. The van der Waals surface area contributed by atoms with Crippen molar-refractivity contribution in [1.82, 2.24) is 0 Å². The van der Waals surface area contributed by atoms with Crippen molar-refractivity contribution in [3.63, 3.8) is 0 Å². The third-order valence-electron chi connectivity index (χ3n) is 4.63. The van der Waals surface area contributed by atoms with Gasteiger partial charge in [0, 0.05) is 12.5 Å². The molecule has 1 N–H and O–H groups in total. The Hall–Kier alpha value is -2.57. The minimum Gasteiger partial charge on any atom is -0.480 e. The average Bonchev–Trinajstić information content (AvgIpc) is 2.88. The smallest absolute Gasteiger partial charge is 0.341 e. The van der Waals surface area contributed by atoms with Crippen molar-refractivity contribution < 1.29 is 29.0 Å². The van der Waals surface area contributed by atoms with Gasteiger partial charge in [-0.1, -0.05) is 35.3 Å². The highest BCUT2D eigenvalue weighted by atomic mass is 35.5. The number of aliphatic carboxylic acids is 1. The summed E-state index contributed by atoms with van der Waals surface area (Å²) in [6.45, 7) is 2.53. The van der Waals surface area contributed by atoms with Gasteiger partial charge in [-0.05, 0) is 42.7 Å². The zero-order chi connectivity index (χ0) is 20.6. The van der Waals surface area contributed by atoms with Gasteiger partial charge in [-0.25, -0.2) is 4.79 Å². The fourth-order valence-corrected chi connectivity index (χ4v) is 3.81. The Balaban J connectivity index is 1.97. The van der Waals surface area contributed by atoms with E-state index in [2.05, 4.69) is 0 Å². The van der Waals surface area contributed by atoms with E-state index in [4.69, 9.17) is 37.8 Å². The average molecular weight is 423 g/mol. The van der Waals surface area contributed by atoms with Crippen molar-refractivity contribution >= 4 is 40.9 Å². The Kier molecular flexibility index (Phi) is 5.37. The van der Waals surface area contributed by atoms with E-state index < -0.39 is 24.0 Å². The third kappa shape index (κ3) is 3.57. The molecule has 6 nitrogen and oxygen atoms in total. The number of Topliss-reactive ketones (excluding diaryl/α,β-unsaturated/α-hetero) is 1. The lowest BCUT2D eigenvalue weighted by atomic mass is 9.79. The molecule has 3 rings (SSSR count). The van der Waals surface area contributed by atoms with Crippen LogP contribution in [0.4, 0.5) is 0 Å². The van der Waals surface area contributed by atoms with E-state index in [1.807, 2.05) is 0 Å². The topological polar surface area (TPSA) is 89.9 Å². The van der Waals surface area contributed by atoms with Gasteiger partial charge in [0.2, 0.25) is 0 Å². The minimum atomic E-state index is -1.15. The van der Waals surface area contributed by atoms with Crippen molar-refractivity contribution in [3.8, 4) is 11.5 Å². The first-order chi connectivity index (χ1) is 13.1. The van der Waals surface area contributed by atoms with E-state index in [0.717, 1.165) is 5.56 Å². The van der Waals surface area contributed by atoms with E-state index in [1.54, 1.807) is 37.3 Å². The van der Waals surface area contributed by atoms with Gasteiger partial charge >= 0.3 is 11.9 Å². The maximum Gasteiger partial charge on any atom is 0.341 e. The van der Waals surface area contributed by atoms with Crippen LogP contribution in [0.25, 0.3) is 0 Å². The van der Waals surface area contributed by atoms with Gasteiger partial charge in [-0.3, -0.25) is 9.59 Å². The molecule has 1 aliphatic carbocycles. The van der Waals surface area contributed by atoms with Crippen molar-refractivity contribution in [3.05, 3.63) is 57.1 Å². The van der Waals surface area contributed by atoms with Crippen molar-refractivity contribution in [2.24, 2.45) is 0 Å². The predicted molar refractivity (Wildman–Crippen MR) is 103 cm³/mol. The number of carboxylic acid groups (broad SMARTS) is 1. The molecule has 0 aliphatic heterocycles. The zero-order valence-electron chi connectivity index (χ0n) is 15.0. The number of rotatable bonds is 5. The summed E-state index contributed by atoms with van der Waals surface area (Å²) >= 11 is 12.5. The second-order valence-electron chi connectivity index (χ2n) is 6.68. The van der Waals surface area contributed by atoms with E-state index in [9.17, 15) is 14.4 Å². The number of carbonyl (C=O) groups excluding carboxylic acids is 2. The van der Waals surface area contributed by atoms with Gasteiger partial charge in [0.1, 0.15) is 16.5 Å². The monoisotopic (exact) mass is 422 g/mol. The first-order valence-corrected chi connectivity index (χ1v) is 9.08. The number of halogens is 2. The molecule has 0 spiro atoms. The van der Waals surface area contributed by atoms with E-state index >= 15 is 0 Å². The molecule has 2 aromatic carbocycles. The Bertz CT molecular complexity index is 983. The van der Waals surface area contributed by atoms with Crippen LogP contribution in [-0.4, -0.2) is 29.4 Å². The van der Waals surface area contributed by atoms with Crippen molar-refractivity contribution in [1.29, 1.82) is 0 Å². The molecule has 2 aromatic rings. The molecule has 8 heteroatoms. The van der Waals surface area contributed by atoms with Gasteiger partial charge in [-0.2, -0.15) is 0 Å². The first-order valence-electron chi connectivity index (χ1n) is 8.32. The molecule has 0 aromatic heterocycles. The highest BCUT2D eigenvalue weighted by molar-refractivity contribution is 6.45. The SMILES string of the molecule is CC(=O)Oc1ccc(C2(C)Cc3cc(OCC(=O)O)c(Cl)c(Cl)c3C2=O)cc1. The number of carboxylic acids is 1. The first kappa shape index (κ1) is 20.2. The molecule has 0 bridgehead atoms. The summed E-state index contributed by atoms with van der Waals surface area (Å²) in [4.78, 5) is 35.0. The molecule has 28 heavy (non-hydrogen) atoms. The number of hydrogen-bond donors (Lipinski definition) is 1. The van der Waals surface area contributed by atoms with Crippen LogP contribution in [0.2, 0.25) is 10.0 Å². The predicted octanol–water partition coefficient (Wildman–Crippen LogP) is 4.08. The Morgan fingerprint density at radius 3 is 2.39 bits per heavy atom. The Morgan fingerprint density at radius 2 is 1.82 bits per heavy atom. The summed E-state index contributed by atoms with van der Waals surface area (Å²) in [6, 6.07) is 8.24. The van der Waals surface area contributed by atoms with Gasteiger partial charge in [0.25, 0.3) is 0 Å². The van der Waals surface area contributed by atoms with Gasteiger partial charge in [-0.15, -0.1) is 0 Å². The molecule has 0 amide bonds. The molecule has 0 fully saturated rings. The maximum absolute atomic E-state index is 13.2. The van der Waals surface area contributed by atoms with Crippen LogP contribution in [0, 0.1) is 0 Å². The molecule has 0 radical (unpaired) electrons. The molecule has 1 atom stereocenters. The van der Waals surface area contributed by atoms with Crippen molar-refractivity contribution in [2.45, 2.75) is 25.7 Å². The van der Waals surface area contributed by atoms with Crippen LogP contribution in [0.15, 0.2) is 30.3 Å². The second-order valence-corrected chi connectivity index (χ2v) is 7.43. The standard InChI is InChI=1S/C20H16Cl2O6/c1-10(23)28-13-5-3-12(4-6-13)20(2)8-11-7-14(27-9-15(24)25)17(21)18(22)16(11)19(20)26/h3-7H,8-9H2,1-2H3,(H,24,25). The molecule has 1 aliphatic rings. The number of esters is 1. The summed E-state index contributed by atoms with van der Waals surface area (Å²) in [5.74, 6) is -1.28. The fourth-order valence-electron chi connectivity index (χ4n) is 3.31. The van der Waals surface area contributed by atoms with Gasteiger partial charge in [0.05, 0.1) is 10.4 Å². The number of fused-ring (bicyclic) bond motifs is 1. The quantitative estimate of drug-likeness (QED) is 0.576. The summed E-state index contributed by atoms with van der Waals surface area (Å²) in [7, 11) is 0. The second kappa shape index (κ2) is 7.45. The molecule has 0 saturated carbocycles. The zero-order valence-corrected chi connectivity index (χ0v) is 16.6. The van der Waals surface area contributed by atoms with Crippen LogP contribution >= 0.6 is 23.2 Å². The molecule has 0 heterocycles. The van der Waals surface area contributed by atoms with Crippen LogP contribution in [-0.2, 0) is 21.4 Å². The van der Waals surface area contributed by atoms with Gasteiger partial charge in [0.15, 0.2) is 12.4 Å². The summed E-state index contributed by atoms with van der Waals surface area (Å²) in [6.07, 6.45) is 0.342. The maximum atomic E-state index is 13.2. The normalized spacial score (nSPS) is 17.9. The van der Waals surface area contributed by atoms with E-state index in [1.165, 1.54) is 6.92 Å². The van der Waals surface area contributed by atoms with E-state index in [0.29, 0.717) is 23.3 Å². The number of ketones is 1. The highest BCUT2D eigenvalue weighted by Crippen LogP contribution is 2.47. The van der Waals surface area contributed by atoms with E-state index in [-0.39, 0.29) is 21.6 Å². The number of benzene rings is 2. The van der Waals surface area contributed by atoms with Crippen LogP contribution in [0.3, 0.4) is 0 Å². The van der Waals surface area contributed by atoms with Gasteiger partial charge < -0.3 is 14.6 Å². The van der Waals surface area contributed by atoms with Crippen LogP contribution in [0.5, 0.6) is 11.5 Å². The lowest BCUT2D eigenvalue weighted by Crippen LogP contribution is -2.29.